The van der Waals surface area contributed by atoms with E-state index in [9.17, 15) is 0 Å². The molecular weight excluding hydrogens is 224 g/mol. The van der Waals surface area contributed by atoms with E-state index in [-0.39, 0.29) is 0 Å². The molecule has 0 bridgehead atoms. The van der Waals surface area contributed by atoms with Gasteiger partial charge in [0.05, 0.1) is 11.0 Å². The molecule has 1 aromatic heterocycles. The Hall–Kier alpha value is -1.55. The summed E-state index contributed by atoms with van der Waals surface area (Å²) >= 11 is 0. The zero-order chi connectivity index (χ0) is 12.4. The van der Waals surface area contributed by atoms with Gasteiger partial charge in [-0.2, -0.15) is 0 Å². The van der Waals surface area contributed by atoms with Gasteiger partial charge < -0.3 is 15.2 Å². The maximum atomic E-state index is 4.53. The number of fused-ring (bicyclic) bond motifs is 1. The zero-order valence-electron chi connectivity index (χ0n) is 10.8. The van der Waals surface area contributed by atoms with E-state index in [0.29, 0.717) is 0 Å². The molecule has 0 aliphatic carbocycles. The van der Waals surface area contributed by atoms with Gasteiger partial charge in [-0.15, -0.1) is 0 Å². The van der Waals surface area contributed by atoms with Gasteiger partial charge in [0.2, 0.25) is 5.95 Å². The lowest BCUT2D eigenvalue weighted by atomic mass is 9.97. The minimum Gasteiger partial charge on any atom is -0.356 e. The molecule has 1 saturated heterocycles. The average Bonchev–Trinajstić information content (AvgIpc) is 2.81. The molecule has 0 unspecified atom stereocenters. The van der Waals surface area contributed by atoms with Crippen LogP contribution in [0.15, 0.2) is 24.3 Å². The molecule has 3 rings (SSSR count). The molecule has 0 atom stereocenters. The molecule has 1 aromatic carbocycles. The summed E-state index contributed by atoms with van der Waals surface area (Å²) in [6.07, 6.45) is 2.56. The third-order valence-corrected chi connectivity index (χ3v) is 3.79. The molecule has 18 heavy (non-hydrogen) atoms. The summed E-state index contributed by atoms with van der Waals surface area (Å²) < 4.78 is 0. The second-order valence-electron chi connectivity index (χ2n) is 5.23. The van der Waals surface area contributed by atoms with Crippen LogP contribution in [0.25, 0.3) is 11.0 Å². The molecule has 2 aromatic rings. The number of hydrogen-bond acceptors (Lipinski definition) is 3. The molecule has 1 fully saturated rings. The maximum absolute atomic E-state index is 4.53. The molecular formula is C14H20N4. The monoisotopic (exact) mass is 244 g/mol. The van der Waals surface area contributed by atoms with Crippen molar-refractivity contribution in [1.29, 1.82) is 0 Å². The van der Waals surface area contributed by atoms with Gasteiger partial charge >= 0.3 is 0 Å². The molecule has 1 aliphatic heterocycles. The molecule has 0 saturated carbocycles. The Morgan fingerprint density at radius 3 is 2.89 bits per heavy atom. The Morgan fingerprint density at radius 2 is 2.11 bits per heavy atom. The van der Waals surface area contributed by atoms with Crippen molar-refractivity contribution >= 4 is 17.0 Å². The number of imidazole rings is 1. The highest BCUT2D eigenvalue weighted by Gasteiger charge is 2.16. The van der Waals surface area contributed by atoms with E-state index in [1.54, 1.807) is 0 Å². The third kappa shape index (κ3) is 2.48. The van der Waals surface area contributed by atoms with Crippen LogP contribution in [0.1, 0.15) is 12.8 Å². The number of nitrogens with one attached hydrogen (secondary N) is 2. The highest BCUT2D eigenvalue weighted by Crippen LogP contribution is 2.18. The minimum atomic E-state index is 0.773. The number of para-hydroxylation sites is 2. The summed E-state index contributed by atoms with van der Waals surface area (Å²) in [7, 11) is 2.20. The number of H-pyrrole nitrogens is 1. The van der Waals surface area contributed by atoms with Crippen LogP contribution in [-0.4, -0.2) is 41.5 Å². The van der Waals surface area contributed by atoms with E-state index in [0.717, 1.165) is 29.4 Å². The first-order chi connectivity index (χ1) is 8.81. The van der Waals surface area contributed by atoms with Crippen molar-refractivity contribution < 1.29 is 0 Å². The van der Waals surface area contributed by atoms with Crippen molar-refractivity contribution in [3.05, 3.63) is 24.3 Å². The summed E-state index contributed by atoms with van der Waals surface area (Å²) in [6.45, 7) is 3.45. The van der Waals surface area contributed by atoms with Gasteiger partial charge in [-0.3, -0.25) is 0 Å². The Morgan fingerprint density at radius 1 is 1.33 bits per heavy atom. The fourth-order valence-corrected chi connectivity index (χ4v) is 2.54. The summed E-state index contributed by atoms with van der Waals surface area (Å²) in [5.74, 6) is 1.67. The van der Waals surface area contributed by atoms with Crippen LogP contribution in [0.2, 0.25) is 0 Å². The zero-order valence-corrected chi connectivity index (χ0v) is 10.8. The standard InChI is InChI=1S/C14H20N4/c1-18-8-6-11(7-9-18)10-15-14-16-12-4-2-3-5-13(12)17-14/h2-5,11H,6-10H2,1H3,(H2,15,16,17). The molecule has 96 valence electrons. The second-order valence-corrected chi connectivity index (χ2v) is 5.23. The van der Waals surface area contributed by atoms with E-state index in [1.807, 2.05) is 18.2 Å². The number of aromatic amines is 1. The van der Waals surface area contributed by atoms with Crippen LogP contribution < -0.4 is 5.32 Å². The van der Waals surface area contributed by atoms with Crippen LogP contribution in [0.4, 0.5) is 5.95 Å². The van der Waals surface area contributed by atoms with E-state index < -0.39 is 0 Å². The van der Waals surface area contributed by atoms with Crippen molar-refractivity contribution in [3.63, 3.8) is 0 Å². The van der Waals surface area contributed by atoms with E-state index in [2.05, 4.69) is 33.3 Å². The largest absolute Gasteiger partial charge is 0.356 e. The number of piperidine rings is 1. The van der Waals surface area contributed by atoms with Crippen LogP contribution in [0.5, 0.6) is 0 Å². The van der Waals surface area contributed by atoms with E-state index in [4.69, 9.17) is 0 Å². The first-order valence-corrected chi connectivity index (χ1v) is 6.68. The summed E-state index contributed by atoms with van der Waals surface area (Å²) in [4.78, 5) is 10.2. The molecule has 0 amide bonds. The number of benzene rings is 1. The van der Waals surface area contributed by atoms with E-state index in [1.165, 1.54) is 25.9 Å². The van der Waals surface area contributed by atoms with Gasteiger partial charge in [0.15, 0.2) is 0 Å². The second kappa shape index (κ2) is 4.98. The Balaban J connectivity index is 1.59. The lowest BCUT2D eigenvalue weighted by Gasteiger charge is -2.28. The number of anilines is 1. The number of hydrogen-bond donors (Lipinski definition) is 2. The van der Waals surface area contributed by atoms with E-state index >= 15 is 0 Å². The lowest BCUT2D eigenvalue weighted by molar-refractivity contribution is 0.226. The fourth-order valence-electron chi connectivity index (χ4n) is 2.54. The first kappa shape index (κ1) is 11.5. The minimum absolute atomic E-state index is 0.773. The first-order valence-electron chi connectivity index (χ1n) is 6.68. The van der Waals surface area contributed by atoms with Crippen LogP contribution >= 0.6 is 0 Å². The molecule has 4 nitrogen and oxygen atoms in total. The SMILES string of the molecule is CN1CCC(CNc2nc3ccccc3[nH]2)CC1. The topological polar surface area (TPSA) is 44.0 Å². The highest BCUT2D eigenvalue weighted by atomic mass is 15.1. The van der Waals surface area contributed by atoms with Crippen molar-refractivity contribution in [2.45, 2.75) is 12.8 Å². The highest BCUT2D eigenvalue weighted by molar-refractivity contribution is 5.77. The van der Waals surface area contributed by atoms with Crippen LogP contribution in [0, 0.1) is 5.92 Å². The van der Waals surface area contributed by atoms with Crippen molar-refractivity contribution in [2.75, 3.05) is 32.0 Å². The van der Waals surface area contributed by atoms with Crippen LogP contribution in [-0.2, 0) is 0 Å². The van der Waals surface area contributed by atoms with Crippen molar-refractivity contribution in [1.82, 2.24) is 14.9 Å². The van der Waals surface area contributed by atoms with Gasteiger partial charge in [-0.05, 0) is 51.0 Å². The summed E-state index contributed by atoms with van der Waals surface area (Å²) in [5, 5.41) is 3.43. The molecule has 0 radical (unpaired) electrons. The number of likely N-dealkylation sites (tertiary alicyclic amines) is 1. The maximum Gasteiger partial charge on any atom is 0.201 e. The molecule has 0 spiro atoms. The molecule has 2 heterocycles. The van der Waals surface area contributed by atoms with Crippen LogP contribution in [0.3, 0.4) is 0 Å². The van der Waals surface area contributed by atoms with Crippen molar-refractivity contribution in [2.24, 2.45) is 5.92 Å². The quantitative estimate of drug-likeness (QED) is 0.871. The average molecular weight is 244 g/mol. The van der Waals surface area contributed by atoms with Gasteiger partial charge in [-0.1, -0.05) is 12.1 Å². The molecule has 2 N–H and O–H groups in total. The summed E-state index contributed by atoms with van der Waals surface area (Å²) in [5.41, 5.74) is 2.13. The van der Waals surface area contributed by atoms with Gasteiger partial charge in [0, 0.05) is 6.54 Å². The fraction of sp³-hybridized carbons (Fsp3) is 0.500. The van der Waals surface area contributed by atoms with Gasteiger partial charge in [-0.25, -0.2) is 4.98 Å². The molecule has 1 aliphatic rings. The van der Waals surface area contributed by atoms with Gasteiger partial charge in [0.25, 0.3) is 0 Å². The number of aromatic nitrogens is 2. The molecule has 4 heteroatoms. The lowest BCUT2D eigenvalue weighted by Crippen LogP contribution is -2.33. The smallest absolute Gasteiger partial charge is 0.201 e. The third-order valence-electron chi connectivity index (χ3n) is 3.79. The normalized spacial score (nSPS) is 18.3. The predicted octanol–water partition coefficient (Wildman–Crippen LogP) is 2.32. The van der Waals surface area contributed by atoms with Gasteiger partial charge in [0.1, 0.15) is 0 Å². The Kier molecular flexibility index (Phi) is 3.19. The number of nitrogens with zero attached hydrogens (tertiary/aromatic N) is 2. The predicted molar refractivity (Wildman–Crippen MR) is 74.8 cm³/mol. The number of rotatable bonds is 3. The van der Waals surface area contributed by atoms with Crippen molar-refractivity contribution in [3.8, 4) is 0 Å². The Bertz CT molecular complexity index is 478. The summed E-state index contributed by atoms with van der Waals surface area (Å²) in [6, 6.07) is 8.14. The Labute approximate surface area is 107 Å².